The molecule has 1 fully saturated rings. The normalized spacial score (nSPS) is 15.4. The summed E-state index contributed by atoms with van der Waals surface area (Å²) in [5.41, 5.74) is 2.62. The van der Waals surface area contributed by atoms with E-state index in [1.165, 1.54) is 37.0 Å². The molecule has 0 N–H and O–H groups in total. The van der Waals surface area contributed by atoms with Crippen molar-refractivity contribution in [1.82, 2.24) is 0 Å². The summed E-state index contributed by atoms with van der Waals surface area (Å²) in [6.07, 6.45) is 5.03. The number of aliphatic imine (C=N–C) groups is 1. The summed E-state index contributed by atoms with van der Waals surface area (Å²) in [4.78, 5) is 4.63. The van der Waals surface area contributed by atoms with Crippen molar-refractivity contribution in [1.29, 1.82) is 0 Å². The Morgan fingerprint density at radius 2 is 2.07 bits per heavy atom. The van der Waals surface area contributed by atoms with Gasteiger partial charge in [-0.3, -0.25) is 4.99 Å². The maximum absolute atomic E-state index is 5.18. The van der Waals surface area contributed by atoms with Gasteiger partial charge in [-0.2, -0.15) is 0 Å². The van der Waals surface area contributed by atoms with Crippen LogP contribution in [0.15, 0.2) is 29.3 Å². The monoisotopic (exact) mass is 203 g/mol. The molecule has 1 aliphatic carbocycles. The van der Waals surface area contributed by atoms with Crippen LogP contribution >= 0.6 is 0 Å². The lowest BCUT2D eigenvalue weighted by molar-refractivity contribution is 0.414. The van der Waals surface area contributed by atoms with Gasteiger partial charge in [0.25, 0.3) is 0 Å². The van der Waals surface area contributed by atoms with Crippen molar-refractivity contribution in [3.05, 3.63) is 29.8 Å². The Kier molecular flexibility index (Phi) is 3.38. The molecule has 0 spiro atoms. The molecule has 0 amide bonds. The Hall–Kier alpha value is -1.31. The first-order valence-corrected chi connectivity index (χ1v) is 5.53. The van der Waals surface area contributed by atoms with E-state index in [1.807, 2.05) is 12.1 Å². The van der Waals surface area contributed by atoms with Crippen LogP contribution in [0, 0.1) is 0 Å². The maximum Gasteiger partial charge on any atom is 0.119 e. The van der Waals surface area contributed by atoms with Crippen molar-refractivity contribution in [2.45, 2.75) is 32.2 Å². The fraction of sp³-hybridized carbons (Fsp3) is 0.462. The fourth-order valence-electron chi connectivity index (χ4n) is 1.92. The third kappa shape index (κ3) is 2.82. The molecule has 0 bridgehead atoms. The minimum Gasteiger partial charge on any atom is -0.497 e. The quantitative estimate of drug-likeness (QED) is 0.739. The molecule has 2 rings (SSSR count). The molecule has 1 aliphatic rings. The van der Waals surface area contributed by atoms with Gasteiger partial charge in [-0.05, 0) is 43.4 Å². The first kappa shape index (κ1) is 10.2. The van der Waals surface area contributed by atoms with E-state index in [9.17, 15) is 0 Å². The third-order valence-corrected chi connectivity index (χ3v) is 2.80. The molecule has 0 aliphatic heterocycles. The molecule has 0 atom stereocenters. The molecule has 15 heavy (non-hydrogen) atoms. The first-order valence-electron chi connectivity index (χ1n) is 5.53. The molecular weight excluding hydrogens is 186 g/mol. The van der Waals surface area contributed by atoms with E-state index in [2.05, 4.69) is 17.1 Å². The summed E-state index contributed by atoms with van der Waals surface area (Å²) in [6, 6.07) is 8.13. The Morgan fingerprint density at radius 3 is 2.80 bits per heavy atom. The van der Waals surface area contributed by atoms with Crippen LogP contribution in [0.2, 0.25) is 0 Å². The Balaban J connectivity index is 2.00. The van der Waals surface area contributed by atoms with Crippen LogP contribution < -0.4 is 4.74 Å². The van der Waals surface area contributed by atoms with Crippen LogP contribution in [0.5, 0.6) is 5.75 Å². The molecule has 2 heteroatoms. The summed E-state index contributed by atoms with van der Waals surface area (Å²) < 4.78 is 5.18. The summed E-state index contributed by atoms with van der Waals surface area (Å²) in [7, 11) is 1.70. The number of benzene rings is 1. The summed E-state index contributed by atoms with van der Waals surface area (Å²) in [5, 5.41) is 0. The van der Waals surface area contributed by atoms with Crippen LogP contribution in [-0.4, -0.2) is 12.8 Å². The van der Waals surface area contributed by atoms with Gasteiger partial charge in [0.1, 0.15) is 5.75 Å². The van der Waals surface area contributed by atoms with Crippen molar-refractivity contribution >= 4 is 5.71 Å². The molecule has 0 radical (unpaired) electrons. The topological polar surface area (TPSA) is 21.6 Å². The molecule has 0 unspecified atom stereocenters. The van der Waals surface area contributed by atoms with Crippen LogP contribution in [-0.2, 0) is 6.54 Å². The molecule has 0 heterocycles. The second-order valence-corrected chi connectivity index (χ2v) is 3.94. The minimum atomic E-state index is 0.798. The molecule has 0 saturated heterocycles. The highest BCUT2D eigenvalue weighted by atomic mass is 16.5. The largest absolute Gasteiger partial charge is 0.497 e. The van der Waals surface area contributed by atoms with Gasteiger partial charge < -0.3 is 4.74 Å². The lowest BCUT2D eigenvalue weighted by atomic mass is 10.2. The van der Waals surface area contributed by atoms with Crippen LogP contribution in [0.1, 0.15) is 31.2 Å². The maximum atomic E-state index is 5.18. The number of nitrogens with zero attached hydrogens (tertiary/aromatic N) is 1. The summed E-state index contributed by atoms with van der Waals surface area (Å²) >= 11 is 0. The molecular formula is C13H17NO. The highest BCUT2D eigenvalue weighted by Gasteiger charge is 2.07. The van der Waals surface area contributed by atoms with Gasteiger partial charge in [-0.15, -0.1) is 0 Å². The molecule has 80 valence electrons. The van der Waals surface area contributed by atoms with Crippen molar-refractivity contribution < 1.29 is 4.74 Å². The van der Waals surface area contributed by atoms with Gasteiger partial charge in [-0.1, -0.05) is 12.1 Å². The number of hydrogen-bond donors (Lipinski definition) is 0. The second-order valence-electron chi connectivity index (χ2n) is 3.94. The highest BCUT2D eigenvalue weighted by Crippen LogP contribution is 2.17. The SMILES string of the molecule is COc1cccc(CN=C2CCCC2)c1. The van der Waals surface area contributed by atoms with Crippen molar-refractivity contribution in [3.8, 4) is 5.75 Å². The van der Waals surface area contributed by atoms with E-state index in [0.29, 0.717) is 0 Å². The average molecular weight is 203 g/mol. The van der Waals surface area contributed by atoms with Gasteiger partial charge in [0.2, 0.25) is 0 Å². The van der Waals surface area contributed by atoms with Crippen molar-refractivity contribution in [3.63, 3.8) is 0 Å². The lowest BCUT2D eigenvalue weighted by Gasteiger charge is -2.02. The van der Waals surface area contributed by atoms with Gasteiger partial charge in [0.05, 0.1) is 13.7 Å². The Labute approximate surface area is 91.0 Å². The van der Waals surface area contributed by atoms with Gasteiger partial charge in [-0.25, -0.2) is 0 Å². The fourth-order valence-corrected chi connectivity index (χ4v) is 1.92. The van der Waals surface area contributed by atoms with Crippen LogP contribution in [0.4, 0.5) is 0 Å². The predicted octanol–water partition coefficient (Wildman–Crippen LogP) is 3.21. The van der Waals surface area contributed by atoms with Gasteiger partial charge in [0.15, 0.2) is 0 Å². The van der Waals surface area contributed by atoms with E-state index in [1.54, 1.807) is 7.11 Å². The molecule has 2 nitrogen and oxygen atoms in total. The lowest BCUT2D eigenvalue weighted by Crippen LogP contribution is -1.91. The smallest absolute Gasteiger partial charge is 0.119 e. The zero-order valence-electron chi connectivity index (χ0n) is 9.20. The van der Waals surface area contributed by atoms with E-state index < -0.39 is 0 Å². The van der Waals surface area contributed by atoms with Crippen molar-refractivity contribution in [2.24, 2.45) is 4.99 Å². The molecule has 0 aromatic heterocycles. The zero-order valence-corrected chi connectivity index (χ0v) is 9.20. The van der Waals surface area contributed by atoms with Crippen molar-refractivity contribution in [2.75, 3.05) is 7.11 Å². The van der Waals surface area contributed by atoms with Gasteiger partial charge in [0, 0.05) is 5.71 Å². The molecule has 1 aromatic carbocycles. The third-order valence-electron chi connectivity index (χ3n) is 2.80. The second kappa shape index (κ2) is 4.96. The first-order chi connectivity index (χ1) is 7.38. The summed E-state index contributed by atoms with van der Waals surface area (Å²) in [5.74, 6) is 0.916. The number of ether oxygens (including phenoxy) is 1. The van der Waals surface area contributed by atoms with E-state index in [4.69, 9.17) is 4.74 Å². The van der Waals surface area contributed by atoms with E-state index in [0.717, 1.165) is 12.3 Å². The van der Waals surface area contributed by atoms with Gasteiger partial charge >= 0.3 is 0 Å². The van der Waals surface area contributed by atoms with E-state index >= 15 is 0 Å². The number of hydrogen-bond acceptors (Lipinski definition) is 2. The zero-order chi connectivity index (χ0) is 10.5. The minimum absolute atomic E-state index is 0.798. The standard InChI is InChI=1S/C13H17NO/c1-15-13-8-4-5-11(9-13)10-14-12-6-2-3-7-12/h4-5,8-9H,2-3,6-7,10H2,1H3. The highest BCUT2D eigenvalue weighted by molar-refractivity contribution is 5.86. The number of rotatable bonds is 3. The average Bonchev–Trinajstić information content (AvgIpc) is 2.79. The van der Waals surface area contributed by atoms with Crippen LogP contribution in [0.25, 0.3) is 0 Å². The Morgan fingerprint density at radius 1 is 1.27 bits per heavy atom. The predicted molar refractivity (Wildman–Crippen MR) is 62.6 cm³/mol. The van der Waals surface area contributed by atoms with Crippen LogP contribution in [0.3, 0.4) is 0 Å². The Bertz CT molecular complexity index is 349. The van der Waals surface area contributed by atoms with E-state index in [-0.39, 0.29) is 0 Å². The summed E-state index contributed by atoms with van der Waals surface area (Å²) in [6.45, 7) is 0.798. The number of methoxy groups -OCH3 is 1. The molecule has 1 aromatic rings. The molecule has 1 saturated carbocycles.